The number of nitrogens with zero attached hydrogens (tertiary/aromatic N) is 2. The van der Waals surface area contributed by atoms with Crippen molar-refractivity contribution in [3.8, 4) is 0 Å². The molecule has 2 rings (SSSR count). The maximum atomic E-state index is 5.78. The number of nitrogens with one attached hydrogen (secondary N) is 1. The summed E-state index contributed by atoms with van der Waals surface area (Å²) in [6, 6.07) is 4.32. The van der Waals surface area contributed by atoms with E-state index in [0.29, 0.717) is 11.7 Å². The van der Waals surface area contributed by atoms with Crippen LogP contribution in [0.5, 0.6) is 0 Å². The molecule has 0 spiro atoms. The van der Waals surface area contributed by atoms with Crippen LogP contribution >= 0.6 is 0 Å². The van der Waals surface area contributed by atoms with Crippen LogP contribution in [0, 0.1) is 0 Å². The minimum absolute atomic E-state index is 0.636. The predicted octanol–water partition coefficient (Wildman–Crippen LogP) is 1.48. The van der Waals surface area contributed by atoms with E-state index in [4.69, 9.17) is 5.73 Å². The van der Waals surface area contributed by atoms with Crippen LogP contribution < -0.4 is 11.2 Å². The molecule has 0 saturated heterocycles. The molecule has 0 aromatic carbocycles. The Morgan fingerprint density at radius 2 is 2.36 bits per heavy atom. The second-order valence-corrected chi connectivity index (χ2v) is 3.75. The number of anilines is 2. The molecule has 14 heavy (non-hydrogen) atoms. The first-order valence-electron chi connectivity index (χ1n) is 4.97. The van der Waals surface area contributed by atoms with Crippen molar-refractivity contribution in [2.75, 3.05) is 18.2 Å². The standard InChI is InChI=1S/C10H16N4/c1-14(8-4-2-5-8)13-10-9(11)6-3-7-12-10/h3,6-8H,2,4-5,11H2,1H3,(H,12,13). The lowest BCUT2D eigenvalue weighted by Gasteiger charge is -2.35. The van der Waals surface area contributed by atoms with Gasteiger partial charge in [-0.25, -0.2) is 9.99 Å². The molecule has 3 N–H and O–H groups in total. The molecule has 1 heterocycles. The molecule has 76 valence electrons. The first-order chi connectivity index (χ1) is 6.77. The van der Waals surface area contributed by atoms with Crippen molar-refractivity contribution >= 4 is 11.5 Å². The maximum absolute atomic E-state index is 5.78. The molecule has 1 saturated carbocycles. The molecule has 1 aromatic rings. The lowest BCUT2D eigenvalue weighted by Crippen LogP contribution is -2.41. The van der Waals surface area contributed by atoms with E-state index in [-0.39, 0.29) is 0 Å². The van der Waals surface area contributed by atoms with E-state index in [2.05, 4.69) is 15.4 Å². The van der Waals surface area contributed by atoms with Gasteiger partial charge in [0.25, 0.3) is 0 Å². The fraction of sp³-hybridized carbons (Fsp3) is 0.500. The van der Waals surface area contributed by atoms with Crippen molar-refractivity contribution in [3.05, 3.63) is 18.3 Å². The molecule has 0 bridgehead atoms. The van der Waals surface area contributed by atoms with Crippen molar-refractivity contribution in [3.63, 3.8) is 0 Å². The molecule has 4 nitrogen and oxygen atoms in total. The van der Waals surface area contributed by atoms with E-state index in [0.717, 1.165) is 5.82 Å². The van der Waals surface area contributed by atoms with Crippen molar-refractivity contribution < 1.29 is 0 Å². The Kier molecular flexibility index (Phi) is 2.54. The Balaban J connectivity index is 1.99. The summed E-state index contributed by atoms with van der Waals surface area (Å²) >= 11 is 0. The second kappa shape index (κ2) is 3.84. The van der Waals surface area contributed by atoms with Gasteiger partial charge in [0.2, 0.25) is 0 Å². The number of hydrogen-bond acceptors (Lipinski definition) is 4. The molecule has 1 aliphatic carbocycles. The first kappa shape index (κ1) is 9.27. The molecule has 1 fully saturated rings. The van der Waals surface area contributed by atoms with Crippen molar-refractivity contribution in [1.29, 1.82) is 0 Å². The minimum atomic E-state index is 0.636. The lowest BCUT2D eigenvalue weighted by molar-refractivity contribution is 0.191. The van der Waals surface area contributed by atoms with Crippen LogP contribution in [0.4, 0.5) is 11.5 Å². The van der Waals surface area contributed by atoms with Crippen LogP contribution in [-0.4, -0.2) is 23.1 Å². The topological polar surface area (TPSA) is 54.2 Å². The molecule has 4 heteroatoms. The normalized spacial score (nSPS) is 16.7. The third-order valence-electron chi connectivity index (χ3n) is 2.74. The van der Waals surface area contributed by atoms with Crippen LogP contribution in [0.25, 0.3) is 0 Å². The fourth-order valence-corrected chi connectivity index (χ4v) is 1.54. The monoisotopic (exact) mass is 192 g/mol. The molecule has 1 aromatic heterocycles. The zero-order valence-corrected chi connectivity index (χ0v) is 8.40. The van der Waals surface area contributed by atoms with E-state index in [1.54, 1.807) is 6.20 Å². The van der Waals surface area contributed by atoms with Crippen LogP contribution in [-0.2, 0) is 0 Å². The van der Waals surface area contributed by atoms with Gasteiger partial charge in [0.05, 0.1) is 5.69 Å². The van der Waals surface area contributed by atoms with Gasteiger partial charge < -0.3 is 11.2 Å². The van der Waals surface area contributed by atoms with Gasteiger partial charge in [-0.05, 0) is 25.0 Å². The molecule has 0 aliphatic heterocycles. The summed E-state index contributed by atoms with van der Waals surface area (Å²) in [6.07, 6.45) is 5.59. The van der Waals surface area contributed by atoms with Gasteiger partial charge in [-0.15, -0.1) is 0 Å². The third kappa shape index (κ3) is 1.80. The SMILES string of the molecule is CN(Nc1ncccc1N)C1CCC1. The highest BCUT2D eigenvalue weighted by atomic mass is 15.5. The Bertz CT molecular complexity index is 309. The van der Waals surface area contributed by atoms with Gasteiger partial charge in [-0.3, -0.25) is 0 Å². The van der Waals surface area contributed by atoms with E-state index in [1.807, 2.05) is 19.2 Å². The Morgan fingerprint density at radius 3 is 2.93 bits per heavy atom. The van der Waals surface area contributed by atoms with Crippen LogP contribution in [0.15, 0.2) is 18.3 Å². The summed E-state index contributed by atoms with van der Waals surface area (Å²) in [6.45, 7) is 0. The number of hydrazine groups is 1. The summed E-state index contributed by atoms with van der Waals surface area (Å²) in [7, 11) is 2.04. The number of pyridine rings is 1. The van der Waals surface area contributed by atoms with E-state index >= 15 is 0 Å². The average molecular weight is 192 g/mol. The number of hydrogen-bond donors (Lipinski definition) is 2. The van der Waals surface area contributed by atoms with E-state index in [9.17, 15) is 0 Å². The quantitative estimate of drug-likeness (QED) is 0.712. The van der Waals surface area contributed by atoms with Gasteiger partial charge in [-0.1, -0.05) is 6.42 Å². The largest absolute Gasteiger partial charge is 0.396 e. The van der Waals surface area contributed by atoms with E-state index < -0.39 is 0 Å². The number of nitrogen functional groups attached to an aromatic ring is 1. The fourth-order valence-electron chi connectivity index (χ4n) is 1.54. The van der Waals surface area contributed by atoms with Gasteiger partial charge in [0.1, 0.15) is 0 Å². The van der Waals surface area contributed by atoms with Gasteiger partial charge in [0, 0.05) is 19.3 Å². The molecule has 0 unspecified atom stereocenters. The molecule has 1 aliphatic rings. The van der Waals surface area contributed by atoms with Crippen LogP contribution in [0.3, 0.4) is 0 Å². The first-order valence-corrected chi connectivity index (χ1v) is 4.97. The highest BCUT2D eigenvalue weighted by molar-refractivity contribution is 5.59. The van der Waals surface area contributed by atoms with Crippen molar-refractivity contribution in [2.45, 2.75) is 25.3 Å². The smallest absolute Gasteiger partial charge is 0.163 e. The summed E-state index contributed by atoms with van der Waals surface area (Å²) < 4.78 is 0. The summed E-state index contributed by atoms with van der Waals surface area (Å²) in [5.74, 6) is 0.752. The van der Waals surface area contributed by atoms with Crippen molar-refractivity contribution in [1.82, 2.24) is 9.99 Å². The Hall–Kier alpha value is -1.29. The minimum Gasteiger partial charge on any atom is -0.396 e. The number of nitrogens with two attached hydrogens (primary N) is 1. The zero-order valence-electron chi connectivity index (χ0n) is 8.40. The summed E-state index contributed by atoms with van der Waals surface area (Å²) in [5, 5.41) is 2.10. The van der Waals surface area contributed by atoms with Gasteiger partial charge >= 0.3 is 0 Å². The van der Waals surface area contributed by atoms with Crippen LogP contribution in [0.1, 0.15) is 19.3 Å². The lowest BCUT2D eigenvalue weighted by atomic mass is 9.93. The third-order valence-corrected chi connectivity index (χ3v) is 2.74. The molecular formula is C10H16N4. The second-order valence-electron chi connectivity index (χ2n) is 3.75. The summed E-state index contributed by atoms with van der Waals surface area (Å²) in [4.78, 5) is 4.18. The van der Waals surface area contributed by atoms with Gasteiger partial charge in [0.15, 0.2) is 5.82 Å². The average Bonchev–Trinajstić information content (AvgIpc) is 2.05. The molecule has 0 amide bonds. The molecule has 0 radical (unpaired) electrons. The molecular weight excluding hydrogens is 176 g/mol. The Labute approximate surface area is 84.1 Å². The molecule has 0 atom stereocenters. The number of aromatic nitrogens is 1. The van der Waals surface area contributed by atoms with Crippen LogP contribution in [0.2, 0.25) is 0 Å². The highest BCUT2D eigenvalue weighted by Gasteiger charge is 2.22. The Morgan fingerprint density at radius 1 is 1.57 bits per heavy atom. The van der Waals surface area contributed by atoms with Crippen molar-refractivity contribution in [2.24, 2.45) is 0 Å². The van der Waals surface area contributed by atoms with E-state index in [1.165, 1.54) is 19.3 Å². The number of rotatable bonds is 3. The maximum Gasteiger partial charge on any atom is 0.163 e. The predicted molar refractivity (Wildman–Crippen MR) is 57.7 cm³/mol. The van der Waals surface area contributed by atoms with Gasteiger partial charge in [-0.2, -0.15) is 0 Å². The zero-order chi connectivity index (χ0) is 9.97. The highest BCUT2D eigenvalue weighted by Crippen LogP contribution is 2.24. The summed E-state index contributed by atoms with van der Waals surface area (Å²) in [5.41, 5.74) is 9.68.